The molecule has 0 aliphatic rings. The molecule has 2 nitrogen and oxygen atoms in total. The summed E-state index contributed by atoms with van der Waals surface area (Å²) >= 11 is 0. The number of fused-ring (bicyclic) bond motifs is 2. The number of hydrogen-bond donors (Lipinski definition) is 1. The van der Waals surface area contributed by atoms with Crippen LogP contribution in [-0.2, 0) is 0 Å². The van der Waals surface area contributed by atoms with Gasteiger partial charge in [0.1, 0.15) is 0 Å². The lowest BCUT2D eigenvalue weighted by atomic mass is 10.0. The summed E-state index contributed by atoms with van der Waals surface area (Å²) in [5.74, 6) is 0. The number of nitrogens with zero attached hydrogens (tertiary/aromatic N) is 1. The molecule has 0 heterocycles. The van der Waals surface area contributed by atoms with Crippen LogP contribution in [0.1, 0.15) is 0 Å². The highest BCUT2D eigenvalue weighted by Gasteiger charge is 2.14. The molecule has 0 unspecified atom stereocenters. The van der Waals surface area contributed by atoms with Crippen molar-refractivity contribution >= 4 is 32.9 Å². The molecule has 0 spiro atoms. The van der Waals surface area contributed by atoms with E-state index in [1.807, 2.05) is 0 Å². The van der Waals surface area contributed by atoms with Gasteiger partial charge in [-0.25, -0.2) is 0 Å². The Kier molecular flexibility index (Phi) is 3.89. The van der Waals surface area contributed by atoms with E-state index in [1.165, 1.54) is 32.9 Å². The highest BCUT2D eigenvalue weighted by Crippen LogP contribution is 2.35. The summed E-state index contributed by atoms with van der Waals surface area (Å²) in [5.41, 5.74) is 8.36. The summed E-state index contributed by atoms with van der Waals surface area (Å²) in [6.07, 6.45) is 0. The smallest absolute Gasteiger partial charge is 0.0491 e. The molecule has 0 atom stereocenters. The predicted octanol–water partition coefficient (Wildman–Crippen LogP) is 5.09. The van der Waals surface area contributed by atoms with Crippen LogP contribution >= 0.6 is 0 Å². The summed E-state index contributed by atoms with van der Waals surface area (Å²) in [4.78, 5) is 2.34. The zero-order valence-corrected chi connectivity index (χ0v) is 13.5. The molecular formula is C22H20N2. The second kappa shape index (κ2) is 6.34. The fraction of sp³-hybridized carbons (Fsp3) is 0.0909. The number of benzene rings is 4. The number of rotatable bonds is 4. The molecule has 0 saturated carbocycles. The van der Waals surface area contributed by atoms with Gasteiger partial charge in [-0.1, -0.05) is 72.8 Å². The van der Waals surface area contributed by atoms with Crippen molar-refractivity contribution in [3.8, 4) is 0 Å². The minimum absolute atomic E-state index is 0.604. The first-order valence-electron chi connectivity index (χ1n) is 8.31. The maximum atomic E-state index is 5.95. The molecule has 4 aromatic carbocycles. The van der Waals surface area contributed by atoms with Gasteiger partial charge >= 0.3 is 0 Å². The van der Waals surface area contributed by atoms with Crippen LogP contribution in [-0.4, -0.2) is 13.1 Å². The molecule has 24 heavy (non-hydrogen) atoms. The van der Waals surface area contributed by atoms with E-state index in [0.29, 0.717) is 6.54 Å². The fourth-order valence-electron chi connectivity index (χ4n) is 3.39. The normalized spacial score (nSPS) is 11.0. The molecule has 2 heteroatoms. The Labute approximate surface area is 142 Å². The second-order valence-corrected chi connectivity index (χ2v) is 5.94. The van der Waals surface area contributed by atoms with Crippen LogP contribution in [0.5, 0.6) is 0 Å². The minimum Gasteiger partial charge on any atom is -0.339 e. The van der Waals surface area contributed by atoms with E-state index < -0.39 is 0 Å². The molecule has 0 saturated heterocycles. The predicted molar refractivity (Wildman–Crippen MR) is 104 cm³/mol. The summed E-state index contributed by atoms with van der Waals surface area (Å²) in [6.45, 7) is 1.38. The van der Waals surface area contributed by atoms with Crippen LogP contribution in [0.2, 0.25) is 0 Å². The van der Waals surface area contributed by atoms with Crippen molar-refractivity contribution in [3.05, 3.63) is 84.9 Å². The first-order valence-corrected chi connectivity index (χ1v) is 8.31. The molecule has 0 fully saturated rings. The van der Waals surface area contributed by atoms with E-state index in [0.717, 1.165) is 6.54 Å². The lowest BCUT2D eigenvalue weighted by Gasteiger charge is -2.27. The van der Waals surface area contributed by atoms with Crippen LogP contribution in [0.15, 0.2) is 84.9 Å². The summed E-state index contributed by atoms with van der Waals surface area (Å²) in [7, 11) is 0. The van der Waals surface area contributed by atoms with E-state index >= 15 is 0 Å². The molecular weight excluding hydrogens is 292 g/mol. The van der Waals surface area contributed by atoms with Crippen LogP contribution in [0.25, 0.3) is 21.5 Å². The third-order valence-corrected chi connectivity index (χ3v) is 4.47. The van der Waals surface area contributed by atoms with Crippen molar-refractivity contribution in [3.63, 3.8) is 0 Å². The number of anilines is 2. The molecule has 0 bridgehead atoms. The summed E-state index contributed by atoms with van der Waals surface area (Å²) < 4.78 is 0. The van der Waals surface area contributed by atoms with Gasteiger partial charge in [0, 0.05) is 35.2 Å². The van der Waals surface area contributed by atoms with Crippen LogP contribution in [0.4, 0.5) is 11.4 Å². The van der Waals surface area contributed by atoms with Gasteiger partial charge in [-0.2, -0.15) is 0 Å². The van der Waals surface area contributed by atoms with E-state index in [1.54, 1.807) is 0 Å². The largest absolute Gasteiger partial charge is 0.339 e. The van der Waals surface area contributed by atoms with Crippen molar-refractivity contribution in [2.45, 2.75) is 0 Å². The van der Waals surface area contributed by atoms with Crippen molar-refractivity contribution in [1.82, 2.24) is 0 Å². The minimum atomic E-state index is 0.604. The van der Waals surface area contributed by atoms with E-state index in [4.69, 9.17) is 5.73 Å². The van der Waals surface area contributed by atoms with Gasteiger partial charge in [-0.15, -0.1) is 0 Å². The first-order chi connectivity index (χ1) is 11.9. The van der Waals surface area contributed by atoms with Gasteiger partial charge in [-0.05, 0) is 22.9 Å². The Morgan fingerprint density at radius 1 is 0.583 bits per heavy atom. The van der Waals surface area contributed by atoms with Gasteiger partial charge in [0.15, 0.2) is 0 Å². The molecule has 0 amide bonds. The molecule has 0 aromatic heterocycles. The number of nitrogens with two attached hydrogens (primary N) is 1. The van der Waals surface area contributed by atoms with Crippen LogP contribution < -0.4 is 10.6 Å². The van der Waals surface area contributed by atoms with Crippen molar-refractivity contribution in [1.29, 1.82) is 0 Å². The van der Waals surface area contributed by atoms with Gasteiger partial charge in [0.25, 0.3) is 0 Å². The Morgan fingerprint density at radius 3 is 1.54 bits per heavy atom. The average molecular weight is 312 g/mol. The Bertz CT molecular complexity index is 901. The standard InChI is InChI=1S/C22H20N2/c23-15-16-24(21-13-5-9-17-7-1-3-11-19(17)21)22-14-6-10-18-8-2-4-12-20(18)22/h1-14H,15-16,23H2. The molecule has 2 N–H and O–H groups in total. The molecule has 0 aliphatic heterocycles. The van der Waals surface area contributed by atoms with Crippen molar-refractivity contribution in [2.24, 2.45) is 5.73 Å². The quantitative estimate of drug-likeness (QED) is 0.569. The average Bonchev–Trinajstić information content (AvgIpc) is 2.65. The highest BCUT2D eigenvalue weighted by atomic mass is 15.1. The third-order valence-electron chi connectivity index (χ3n) is 4.47. The Hall–Kier alpha value is -2.84. The highest BCUT2D eigenvalue weighted by molar-refractivity contribution is 6.01. The zero-order chi connectivity index (χ0) is 16.4. The van der Waals surface area contributed by atoms with Gasteiger partial charge in [-0.3, -0.25) is 0 Å². The molecule has 4 rings (SSSR count). The zero-order valence-electron chi connectivity index (χ0n) is 13.5. The van der Waals surface area contributed by atoms with Gasteiger partial charge in [0.05, 0.1) is 0 Å². The molecule has 118 valence electrons. The molecule has 0 radical (unpaired) electrons. The monoisotopic (exact) mass is 312 g/mol. The molecule has 0 aliphatic carbocycles. The van der Waals surface area contributed by atoms with Gasteiger partial charge in [0.2, 0.25) is 0 Å². The van der Waals surface area contributed by atoms with E-state index in [-0.39, 0.29) is 0 Å². The lowest BCUT2D eigenvalue weighted by molar-refractivity contribution is 0.929. The van der Waals surface area contributed by atoms with Crippen molar-refractivity contribution in [2.75, 3.05) is 18.0 Å². The maximum absolute atomic E-state index is 5.95. The molecule has 4 aromatic rings. The fourth-order valence-corrected chi connectivity index (χ4v) is 3.39. The van der Waals surface area contributed by atoms with Crippen LogP contribution in [0.3, 0.4) is 0 Å². The first kappa shape index (κ1) is 14.7. The second-order valence-electron chi connectivity index (χ2n) is 5.94. The third kappa shape index (κ3) is 2.51. The van der Waals surface area contributed by atoms with Crippen LogP contribution in [0, 0.1) is 0 Å². The number of hydrogen-bond acceptors (Lipinski definition) is 2. The SMILES string of the molecule is NCCN(c1cccc2ccccc12)c1cccc2ccccc12. The van der Waals surface area contributed by atoms with Crippen molar-refractivity contribution < 1.29 is 0 Å². The maximum Gasteiger partial charge on any atom is 0.0491 e. The van der Waals surface area contributed by atoms with E-state index in [9.17, 15) is 0 Å². The van der Waals surface area contributed by atoms with E-state index in [2.05, 4.69) is 89.8 Å². The lowest BCUT2D eigenvalue weighted by Crippen LogP contribution is -2.25. The summed E-state index contributed by atoms with van der Waals surface area (Å²) in [6, 6.07) is 29.9. The summed E-state index contributed by atoms with van der Waals surface area (Å²) in [5, 5.41) is 5.00. The Morgan fingerprint density at radius 2 is 1.04 bits per heavy atom. The topological polar surface area (TPSA) is 29.3 Å². The Balaban J connectivity index is 1.96. The van der Waals surface area contributed by atoms with Gasteiger partial charge < -0.3 is 10.6 Å².